The van der Waals surface area contributed by atoms with Crippen LogP contribution >= 0.6 is 0 Å². The topological polar surface area (TPSA) is 146 Å². The summed E-state index contributed by atoms with van der Waals surface area (Å²) >= 11 is 0. The van der Waals surface area contributed by atoms with Gasteiger partial charge in [0.1, 0.15) is 17.5 Å². The zero-order chi connectivity index (χ0) is 36.5. The van der Waals surface area contributed by atoms with E-state index in [0.717, 1.165) is 42.5 Å². The summed E-state index contributed by atoms with van der Waals surface area (Å²) in [7, 11) is 0. The molecule has 0 radical (unpaired) electrons. The molecule has 1 fully saturated rings. The first-order chi connectivity index (χ1) is 23.5. The molecule has 1 aliphatic rings. The van der Waals surface area contributed by atoms with Gasteiger partial charge >= 0.3 is 12.3 Å². The minimum Gasteiger partial charge on any atom is -0.460 e. The molecule has 2 heterocycles. The largest absolute Gasteiger partial charge is 0.573 e. The van der Waals surface area contributed by atoms with Crippen molar-refractivity contribution in [2.45, 2.75) is 103 Å². The van der Waals surface area contributed by atoms with Gasteiger partial charge in [-0.2, -0.15) is 0 Å². The van der Waals surface area contributed by atoms with Crippen LogP contribution in [0.4, 0.5) is 23.2 Å². The summed E-state index contributed by atoms with van der Waals surface area (Å²) in [6.45, 7) is 5.24. The maximum absolute atomic E-state index is 14.8. The Morgan fingerprint density at radius 1 is 1.02 bits per heavy atom. The predicted molar refractivity (Wildman–Crippen MR) is 174 cm³/mol. The van der Waals surface area contributed by atoms with Gasteiger partial charge in [-0.1, -0.05) is 17.3 Å². The number of hydrogen-bond acceptors (Lipinski definition) is 8. The van der Waals surface area contributed by atoms with E-state index < -0.39 is 35.4 Å². The molecule has 4 rings (SSSR count). The van der Waals surface area contributed by atoms with Crippen LogP contribution in [0.25, 0.3) is 0 Å². The molecule has 0 saturated heterocycles. The molecule has 3 aromatic rings. The molecule has 2 aromatic heterocycles. The number of hydrogen-bond donors (Lipinski definition) is 2. The van der Waals surface area contributed by atoms with Crippen molar-refractivity contribution in [3.8, 4) is 5.75 Å². The second kappa shape index (κ2) is 16.8. The predicted octanol–water partition coefficient (Wildman–Crippen LogP) is 5.56. The van der Waals surface area contributed by atoms with Gasteiger partial charge in [-0.15, -0.1) is 18.3 Å². The van der Waals surface area contributed by atoms with Gasteiger partial charge in [-0.05, 0) is 88.5 Å². The fraction of sp³-hybridized carbons (Fsp3) is 0.529. The summed E-state index contributed by atoms with van der Waals surface area (Å²) in [6, 6.07) is 7.99. The van der Waals surface area contributed by atoms with E-state index in [1.54, 1.807) is 6.07 Å². The van der Waals surface area contributed by atoms with E-state index in [0.29, 0.717) is 24.1 Å². The Kier molecular flexibility index (Phi) is 12.8. The quantitative estimate of drug-likeness (QED) is 0.164. The summed E-state index contributed by atoms with van der Waals surface area (Å²) in [4.78, 5) is 49.9. The Morgan fingerprint density at radius 2 is 1.72 bits per heavy atom. The summed E-state index contributed by atoms with van der Waals surface area (Å²) in [5.41, 5.74) is -0.328. The maximum Gasteiger partial charge on any atom is 0.573 e. The average molecular weight is 707 g/mol. The first kappa shape index (κ1) is 38.0. The molecular formula is C34H42F4N6O6. The van der Waals surface area contributed by atoms with Crippen molar-refractivity contribution < 1.29 is 41.4 Å². The molecule has 12 nitrogen and oxygen atoms in total. The molecule has 1 aromatic carbocycles. The third-order valence-electron chi connectivity index (χ3n) is 8.02. The molecule has 272 valence electrons. The lowest BCUT2D eigenvalue weighted by molar-refractivity contribution is -0.274. The number of ether oxygens (including phenoxy) is 2. The van der Waals surface area contributed by atoms with E-state index >= 15 is 0 Å². The maximum atomic E-state index is 14.8. The molecule has 2 amide bonds. The summed E-state index contributed by atoms with van der Waals surface area (Å²) in [5.74, 6) is -1.04. The molecular weight excluding hydrogens is 664 g/mol. The Balaban J connectivity index is 1.16. The van der Waals surface area contributed by atoms with Crippen molar-refractivity contribution in [2.75, 3.05) is 5.32 Å². The lowest BCUT2D eigenvalue weighted by Gasteiger charge is -2.28. The first-order valence-electron chi connectivity index (χ1n) is 16.4. The van der Waals surface area contributed by atoms with Crippen LogP contribution in [-0.4, -0.2) is 55.5 Å². The van der Waals surface area contributed by atoms with Gasteiger partial charge in [0.15, 0.2) is 5.69 Å². The number of nitrogens with zero attached hydrogens (tertiary/aromatic N) is 4. The summed E-state index contributed by atoms with van der Waals surface area (Å²) in [6.07, 6.45) is 0.454. The van der Waals surface area contributed by atoms with E-state index in [9.17, 15) is 36.7 Å². The second-order valence-electron chi connectivity index (χ2n) is 13.5. The number of rotatable bonds is 14. The lowest BCUT2D eigenvalue weighted by Crippen LogP contribution is -2.27. The van der Waals surface area contributed by atoms with Crippen LogP contribution in [0.15, 0.2) is 53.6 Å². The molecule has 0 spiro atoms. The van der Waals surface area contributed by atoms with Crippen molar-refractivity contribution in [3.63, 3.8) is 0 Å². The number of alkyl halides is 4. The third-order valence-corrected chi connectivity index (χ3v) is 8.02. The van der Waals surface area contributed by atoms with E-state index in [1.807, 2.05) is 20.8 Å². The van der Waals surface area contributed by atoms with E-state index in [2.05, 4.69) is 25.7 Å². The molecule has 2 N–H and O–H groups in total. The van der Waals surface area contributed by atoms with Gasteiger partial charge < -0.3 is 24.7 Å². The van der Waals surface area contributed by atoms with Crippen LogP contribution in [0.3, 0.4) is 0 Å². The van der Waals surface area contributed by atoms with Gasteiger partial charge in [0.2, 0.25) is 5.91 Å². The average Bonchev–Trinajstić information content (AvgIpc) is 3.47. The van der Waals surface area contributed by atoms with Gasteiger partial charge in [0, 0.05) is 43.9 Å². The number of anilines is 1. The highest BCUT2D eigenvalue weighted by Gasteiger charge is 2.31. The molecule has 16 heteroatoms. The number of carbonyl (C=O) groups is 3. The second-order valence-corrected chi connectivity index (χ2v) is 13.5. The highest BCUT2D eigenvalue weighted by atomic mass is 19.4. The minimum atomic E-state index is -4.84. The molecule has 1 unspecified atom stereocenters. The summed E-state index contributed by atoms with van der Waals surface area (Å²) < 4.78 is 63.9. The van der Waals surface area contributed by atoms with Crippen LogP contribution in [0.1, 0.15) is 81.8 Å². The van der Waals surface area contributed by atoms with E-state index in [4.69, 9.17) is 4.74 Å². The fourth-order valence-electron chi connectivity index (χ4n) is 5.69. The number of halogens is 4. The van der Waals surface area contributed by atoms with Crippen LogP contribution in [-0.2, 0) is 34.0 Å². The molecule has 1 atom stereocenters. The molecule has 0 aliphatic heterocycles. The molecule has 50 heavy (non-hydrogen) atoms. The highest BCUT2D eigenvalue weighted by molar-refractivity contribution is 5.92. The monoisotopic (exact) mass is 706 g/mol. The van der Waals surface area contributed by atoms with Crippen LogP contribution in [0.2, 0.25) is 0 Å². The number of aromatic nitrogens is 4. The van der Waals surface area contributed by atoms with Gasteiger partial charge in [0.25, 0.3) is 11.5 Å². The lowest BCUT2D eigenvalue weighted by atomic mass is 9.79. The number of aryl methyl sites for hydroxylation is 1. The number of nitrogens with one attached hydrogen (secondary N) is 2. The standard InChI is InChI=1S/C34H42F4N6O6/c1-33(2,3)50-31(47)17-23-9-7-22(8-10-23)16-29(45)40-26-12-14-43(30(46)18-26)13-11-25(35)20-44-21-28(41-42-44)32(48)39-19-24-5-4-6-27(15-24)49-34(36,37)38/h4-6,12,14-15,18,21-23,25H,7-11,13,16-17,19-20H2,1-3H3,(H,39,48)(H,40,45). The van der Waals surface area contributed by atoms with E-state index in [-0.39, 0.29) is 55.5 Å². The Bertz CT molecular complexity index is 1680. The Labute approximate surface area is 286 Å². The van der Waals surface area contributed by atoms with Gasteiger partial charge in [-0.3, -0.25) is 19.2 Å². The zero-order valence-corrected chi connectivity index (χ0v) is 28.2. The molecule has 1 aliphatic carbocycles. The van der Waals surface area contributed by atoms with Crippen LogP contribution < -0.4 is 20.9 Å². The Morgan fingerprint density at radius 3 is 2.38 bits per heavy atom. The SMILES string of the molecule is CC(C)(C)OC(=O)CC1CCC(CC(=O)Nc2ccn(CCC(F)Cn3cc(C(=O)NCc4cccc(OC(F)(F)F)c4)nn3)c(=O)c2)CC1. The van der Waals surface area contributed by atoms with Crippen molar-refractivity contribution >= 4 is 23.5 Å². The molecule has 0 bridgehead atoms. The highest BCUT2D eigenvalue weighted by Crippen LogP contribution is 2.33. The number of carbonyl (C=O) groups excluding carboxylic acids is 3. The number of benzene rings is 1. The minimum absolute atomic E-state index is 0.0417. The van der Waals surface area contributed by atoms with Crippen LogP contribution in [0, 0.1) is 11.8 Å². The fourth-order valence-corrected chi connectivity index (χ4v) is 5.69. The Hall–Kier alpha value is -4.76. The van der Waals surface area contributed by atoms with Gasteiger partial charge in [-0.25, -0.2) is 9.07 Å². The first-order valence-corrected chi connectivity index (χ1v) is 16.4. The van der Waals surface area contributed by atoms with Crippen molar-refractivity contribution in [3.05, 3.63) is 70.4 Å². The summed E-state index contributed by atoms with van der Waals surface area (Å²) in [5, 5.41) is 12.8. The zero-order valence-electron chi connectivity index (χ0n) is 28.2. The number of amides is 2. The molecule has 1 saturated carbocycles. The van der Waals surface area contributed by atoms with Crippen molar-refractivity contribution in [2.24, 2.45) is 11.8 Å². The number of esters is 1. The normalized spacial score (nSPS) is 17.1. The van der Waals surface area contributed by atoms with E-state index in [1.165, 1.54) is 35.2 Å². The third kappa shape index (κ3) is 12.9. The smallest absolute Gasteiger partial charge is 0.460 e. The number of pyridine rings is 1. The van der Waals surface area contributed by atoms with Crippen LogP contribution in [0.5, 0.6) is 5.75 Å². The van der Waals surface area contributed by atoms with Crippen molar-refractivity contribution in [1.29, 1.82) is 0 Å². The van der Waals surface area contributed by atoms with Crippen molar-refractivity contribution in [1.82, 2.24) is 24.9 Å². The van der Waals surface area contributed by atoms with Gasteiger partial charge in [0.05, 0.1) is 12.7 Å².